The van der Waals surface area contributed by atoms with Gasteiger partial charge in [0.05, 0.1) is 9.88 Å². The Kier molecular flexibility index (Phi) is 4.35. The summed E-state index contributed by atoms with van der Waals surface area (Å²) in [6.45, 7) is 2.05. The molecule has 1 aromatic heterocycles. The summed E-state index contributed by atoms with van der Waals surface area (Å²) in [7, 11) is 0. The Balaban J connectivity index is 1.67. The van der Waals surface area contributed by atoms with Gasteiger partial charge in [0, 0.05) is 12.1 Å². The van der Waals surface area contributed by atoms with Crippen LogP contribution in [0.25, 0.3) is 0 Å². The van der Waals surface area contributed by atoms with Crippen LogP contribution in [0, 0.1) is 6.92 Å². The zero-order valence-electron chi connectivity index (χ0n) is 12.4. The van der Waals surface area contributed by atoms with Gasteiger partial charge in [-0.05, 0) is 36.8 Å². The van der Waals surface area contributed by atoms with Gasteiger partial charge in [0.2, 0.25) is 0 Å². The van der Waals surface area contributed by atoms with Crippen LogP contribution in [0.5, 0.6) is 0 Å². The molecule has 0 amide bonds. The van der Waals surface area contributed by atoms with Gasteiger partial charge in [0.25, 0.3) is 0 Å². The molecule has 22 heavy (non-hydrogen) atoms. The SMILES string of the molecule is Cc1ccc(CC(=O)c2ccc(Nc3ccccc3)s2)cc1. The van der Waals surface area contributed by atoms with E-state index in [2.05, 4.69) is 5.32 Å². The number of carbonyl (C=O) groups is 1. The summed E-state index contributed by atoms with van der Waals surface area (Å²) in [5.74, 6) is 0.162. The minimum atomic E-state index is 0.162. The van der Waals surface area contributed by atoms with Crippen molar-refractivity contribution < 1.29 is 4.79 Å². The van der Waals surface area contributed by atoms with Gasteiger partial charge in [-0.15, -0.1) is 11.3 Å². The van der Waals surface area contributed by atoms with Gasteiger partial charge in [0.1, 0.15) is 0 Å². The van der Waals surface area contributed by atoms with Crippen LogP contribution in [0.1, 0.15) is 20.8 Å². The summed E-state index contributed by atoms with van der Waals surface area (Å²) >= 11 is 1.50. The summed E-state index contributed by atoms with van der Waals surface area (Å²) in [6.07, 6.45) is 0.450. The Morgan fingerprint density at radius 3 is 2.41 bits per heavy atom. The molecular weight excluding hydrogens is 290 g/mol. The first kappa shape index (κ1) is 14.5. The normalized spacial score (nSPS) is 10.4. The molecule has 0 fully saturated rings. The lowest BCUT2D eigenvalue weighted by atomic mass is 10.1. The Bertz CT molecular complexity index is 760. The van der Waals surface area contributed by atoms with Crippen molar-refractivity contribution in [2.75, 3.05) is 5.32 Å². The van der Waals surface area contributed by atoms with Crippen molar-refractivity contribution in [1.82, 2.24) is 0 Å². The van der Waals surface area contributed by atoms with Gasteiger partial charge >= 0.3 is 0 Å². The molecule has 3 rings (SSSR count). The Morgan fingerprint density at radius 1 is 0.955 bits per heavy atom. The monoisotopic (exact) mass is 307 g/mol. The standard InChI is InChI=1S/C19H17NOS/c1-14-7-9-15(10-8-14)13-17(21)18-11-12-19(22-18)20-16-5-3-2-4-6-16/h2-12,20H,13H2,1H3. The average molecular weight is 307 g/mol. The molecule has 0 aliphatic carbocycles. The van der Waals surface area contributed by atoms with Gasteiger partial charge in [-0.3, -0.25) is 4.79 Å². The van der Waals surface area contributed by atoms with Crippen LogP contribution in [0.15, 0.2) is 66.7 Å². The highest BCUT2D eigenvalue weighted by molar-refractivity contribution is 7.18. The second kappa shape index (κ2) is 6.58. The summed E-state index contributed by atoms with van der Waals surface area (Å²) in [5, 5.41) is 4.30. The van der Waals surface area contributed by atoms with Crippen LogP contribution >= 0.6 is 11.3 Å². The topological polar surface area (TPSA) is 29.1 Å². The molecule has 0 atom stereocenters. The van der Waals surface area contributed by atoms with Crippen LogP contribution in [0.3, 0.4) is 0 Å². The highest BCUT2D eigenvalue weighted by Crippen LogP contribution is 2.26. The van der Waals surface area contributed by atoms with Gasteiger partial charge in [-0.2, -0.15) is 0 Å². The third-order valence-electron chi connectivity index (χ3n) is 3.41. The molecule has 110 valence electrons. The molecule has 0 saturated heterocycles. The van der Waals surface area contributed by atoms with Crippen molar-refractivity contribution in [2.45, 2.75) is 13.3 Å². The first-order valence-electron chi connectivity index (χ1n) is 7.21. The van der Waals surface area contributed by atoms with E-state index in [1.165, 1.54) is 16.9 Å². The summed E-state index contributed by atoms with van der Waals surface area (Å²) in [4.78, 5) is 13.1. The quantitative estimate of drug-likeness (QED) is 0.654. The molecule has 0 radical (unpaired) electrons. The van der Waals surface area contributed by atoms with Crippen molar-refractivity contribution in [3.05, 3.63) is 82.7 Å². The fourth-order valence-electron chi connectivity index (χ4n) is 2.20. The largest absolute Gasteiger partial charge is 0.347 e. The van der Waals surface area contributed by atoms with E-state index >= 15 is 0 Å². The number of hydrogen-bond donors (Lipinski definition) is 1. The van der Waals surface area contributed by atoms with Crippen molar-refractivity contribution in [3.63, 3.8) is 0 Å². The van der Waals surface area contributed by atoms with Crippen molar-refractivity contribution in [1.29, 1.82) is 0 Å². The average Bonchev–Trinajstić information content (AvgIpc) is 2.99. The van der Waals surface area contributed by atoms with Crippen molar-refractivity contribution >= 4 is 27.8 Å². The maximum atomic E-state index is 12.3. The molecular formula is C19H17NOS. The lowest BCUT2D eigenvalue weighted by Gasteiger charge is -2.02. The second-order valence-electron chi connectivity index (χ2n) is 5.24. The molecule has 2 nitrogen and oxygen atoms in total. The van der Waals surface area contributed by atoms with Gasteiger partial charge in [-0.1, -0.05) is 48.0 Å². The number of thiophene rings is 1. The number of carbonyl (C=O) groups excluding carboxylic acids is 1. The number of ketones is 1. The van der Waals surface area contributed by atoms with Crippen LogP contribution in [-0.2, 0) is 6.42 Å². The predicted molar refractivity (Wildman–Crippen MR) is 93.3 cm³/mol. The van der Waals surface area contributed by atoms with E-state index in [-0.39, 0.29) is 5.78 Å². The first-order chi connectivity index (χ1) is 10.7. The van der Waals surface area contributed by atoms with Gasteiger partial charge in [-0.25, -0.2) is 0 Å². The second-order valence-corrected chi connectivity index (χ2v) is 6.32. The van der Waals surface area contributed by atoms with Gasteiger partial charge < -0.3 is 5.32 Å². The van der Waals surface area contributed by atoms with Crippen LogP contribution in [-0.4, -0.2) is 5.78 Å². The fourth-order valence-corrected chi connectivity index (χ4v) is 3.06. The number of aryl methyl sites for hydroxylation is 1. The Morgan fingerprint density at radius 2 is 1.68 bits per heavy atom. The first-order valence-corrected chi connectivity index (χ1v) is 8.03. The molecule has 0 aliphatic heterocycles. The van der Waals surface area contributed by atoms with Crippen molar-refractivity contribution in [3.8, 4) is 0 Å². The van der Waals surface area contributed by atoms with Crippen LogP contribution < -0.4 is 5.32 Å². The van der Waals surface area contributed by atoms with E-state index in [1.807, 2.05) is 73.7 Å². The number of nitrogens with one attached hydrogen (secondary N) is 1. The molecule has 0 saturated carbocycles. The molecule has 3 aromatic rings. The number of hydrogen-bond acceptors (Lipinski definition) is 3. The van der Waals surface area contributed by atoms with E-state index in [1.54, 1.807) is 0 Å². The smallest absolute Gasteiger partial charge is 0.177 e. The fraction of sp³-hybridized carbons (Fsp3) is 0.105. The number of benzene rings is 2. The molecule has 3 heteroatoms. The minimum Gasteiger partial charge on any atom is -0.347 e. The van der Waals surface area contributed by atoms with E-state index in [0.717, 1.165) is 21.1 Å². The van der Waals surface area contributed by atoms with E-state index in [0.29, 0.717) is 6.42 Å². The molecule has 2 aromatic carbocycles. The number of Topliss-reactive ketones (excluding diaryl/α,β-unsaturated/α-hetero) is 1. The minimum absolute atomic E-state index is 0.162. The lowest BCUT2D eigenvalue weighted by Crippen LogP contribution is -2.00. The zero-order valence-corrected chi connectivity index (χ0v) is 13.2. The third-order valence-corrected chi connectivity index (χ3v) is 4.45. The maximum absolute atomic E-state index is 12.3. The number of anilines is 2. The molecule has 0 aliphatic rings. The molecule has 0 spiro atoms. The van der Waals surface area contributed by atoms with Crippen LogP contribution in [0.4, 0.5) is 10.7 Å². The molecule has 0 bridgehead atoms. The lowest BCUT2D eigenvalue weighted by molar-refractivity contribution is 0.0997. The Labute approximate surface area is 134 Å². The van der Waals surface area contributed by atoms with Crippen LogP contribution in [0.2, 0.25) is 0 Å². The Hall–Kier alpha value is -2.39. The highest BCUT2D eigenvalue weighted by Gasteiger charge is 2.10. The predicted octanol–water partition coefficient (Wildman–Crippen LogP) is 5.23. The maximum Gasteiger partial charge on any atom is 0.177 e. The number of rotatable bonds is 5. The summed E-state index contributed by atoms with van der Waals surface area (Å²) in [6, 6.07) is 21.9. The molecule has 1 N–H and O–H groups in total. The van der Waals surface area contributed by atoms with E-state index in [9.17, 15) is 4.79 Å². The summed E-state index contributed by atoms with van der Waals surface area (Å²) < 4.78 is 0. The third kappa shape index (κ3) is 3.62. The highest BCUT2D eigenvalue weighted by atomic mass is 32.1. The van der Waals surface area contributed by atoms with Crippen molar-refractivity contribution in [2.24, 2.45) is 0 Å². The van der Waals surface area contributed by atoms with E-state index in [4.69, 9.17) is 0 Å². The van der Waals surface area contributed by atoms with E-state index < -0.39 is 0 Å². The molecule has 0 unspecified atom stereocenters. The van der Waals surface area contributed by atoms with Gasteiger partial charge in [0.15, 0.2) is 5.78 Å². The molecule has 1 heterocycles. The zero-order chi connectivity index (χ0) is 15.4. The summed E-state index contributed by atoms with van der Waals surface area (Å²) in [5.41, 5.74) is 3.30. The number of para-hydroxylation sites is 1.